The number of nitrogens with zero attached hydrogens (tertiary/aromatic N) is 3. The molecule has 1 aliphatic carbocycles. The van der Waals surface area contributed by atoms with Crippen LogP contribution in [0.4, 0.5) is 5.95 Å². The van der Waals surface area contributed by atoms with E-state index in [2.05, 4.69) is 22.3 Å². The maximum atomic E-state index is 13.1. The van der Waals surface area contributed by atoms with E-state index in [4.69, 9.17) is 4.74 Å². The van der Waals surface area contributed by atoms with Crippen molar-refractivity contribution in [3.8, 4) is 11.5 Å². The van der Waals surface area contributed by atoms with Crippen LogP contribution in [0.1, 0.15) is 31.4 Å². The van der Waals surface area contributed by atoms with Gasteiger partial charge in [0.05, 0.1) is 0 Å². The average Bonchev–Trinajstić information content (AvgIpc) is 3.16. The van der Waals surface area contributed by atoms with Gasteiger partial charge in [0.2, 0.25) is 11.1 Å². The molecule has 6 nitrogen and oxygen atoms in total. The van der Waals surface area contributed by atoms with Crippen LogP contribution in [0.25, 0.3) is 0 Å². The third-order valence-corrected chi connectivity index (χ3v) is 5.98. The quantitative estimate of drug-likeness (QED) is 0.597. The van der Waals surface area contributed by atoms with Crippen LogP contribution in [-0.4, -0.2) is 26.8 Å². The van der Waals surface area contributed by atoms with Gasteiger partial charge in [0.15, 0.2) is 5.78 Å². The Bertz CT molecular complexity index is 1140. The van der Waals surface area contributed by atoms with Gasteiger partial charge < -0.3 is 10.1 Å². The predicted octanol–water partition coefficient (Wildman–Crippen LogP) is 5.06. The van der Waals surface area contributed by atoms with Gasteiger partial charge in [-0.15, -0.1) is 5.10 Å². The zero-order valence-electron chi connectivity index (χ0n) is 16.8. The van der Waals surface area contributed by atoms with E-state index in [1.807, 2.05) is 65.5 Å². The lowest BCUT2D eigenvalue weighted by Crippen LogP contribution is -2.33. The van der Waals surface area contributed by atoms with Crippen LogP contribution in [0.3, 0.4) is 0 Å². The fourth-order valence-corrected chi connectivity index (χ4v) is 4.50. The number of hydrogen-bond acceptors (Lipinski definition) is 6. The summed E-state index contributed by atoms with van der Waals surface area (Å²) in [7, 11) is 0. The first-order valence-corrected chi connectivity index (χ1v) is 11.2. The van der Waals surface area contributed by atoms with Crippen LogP contribution in [0.5, 0.6) is 11.5 Å². The van der Waals surface area contributed by atoms with Crippen molar-refractivity contribution in [3.63, 3.8) is 0 Å². The van der Waals surface area contributed by atoms with Gasteiger partial charge in [-0.2, -0.15) is 4.98 Å². The van der Waals surface area contributed by atoms with E-state index < -0.39 is 0 Å². The predicted molar refractivity (Wildman–Crippen MR) is 117 cm³/mol. The summed E-state index contributed by atoms with van der Waals surface area (Å²) in [5.41, 5.74) is 2.71. The molecule has 0 bridgehead atoms. The molecule has 2 aromatic carbocycles. The Balaban J connectivity index is 1.60. The van der Waals surface area contributed by atoms with Crippen molar-refractivity contribution in [1.29, 1.82) is 0 Å². The second-order valence-electron chi connectivity index (χ2n) is 7.71. The molecule has 3 aromatic rings. The minimum absolute atomic E-state index is 0.169. The molecule has 0 spiro atoms. The summed E-state index contributed by atoms with van der Waals surface area (Å²) in [6.45, 7) is 2.11. The van der Waals surface area contributed by atoms with E-state index >= 15 is 0 Å². The highest BCUT2D eigenvalue weighted by Gasteiger charge is 2.38. The molecule has 30 heavy (non-hydrogen) atoms. The highest BCUT2D eigenvalue weighted by molar-refractivity contribution is 7.98. The molecule has 2 heterocycles. The first kappa shape index (κ1) is 18.9. The van der Waals surface area contributed by atoms with Gasteiger partial charge >= 0.3 is 0 Å². The number of carbonyl (C=O) groups is 1. The zero-order chi connectivity index (χ0) is 20.7. The molecule has 5 rings (SSSR count). The molecule has 1 aliphatic heterocycles. The standard InChI is InChI=1S/C23H22N4O2S/c1-14-11-18-20(19(28)12-14)21(27-22(24-18)25-23(26-27)30-2)15-7-6-10-17(13-15)29-16-8-4-3-5-9-16/h3-10,13-14,21H,11-12H2,1-2H3,(H,24,25,26). The van der Waals surface area contributed by atoms with Crippen LogP contribution >= 0.6 is 11.8 Å². The summed E-state index contributed by atoms with van der Waals surface area (Å²) in [6, 6.07) is 17.3. The van der Waals surface area contributed by atoms with Crippen molar-refractivity contribution in [1.82, 2.24) is 14.8 Å². The molecule has 0 saturated heterocycles. The summed E-state index contributed by atoms with van der Waals surface area (Å²) in [5.74, 6) is 2.66. The van der Waals surface area contributed by atoms with Crippen molar-refractivity contribution >= 4 is 23.5 Å². The van der Waals surface area contributed by atoms with Gasteiger partial charge in [0.25, 0.3) is 0 Å². The number of thioether (sulfide) groups is 1. The summed E-state index contributed by atoms with van der Waals surface area (Å²) < 4.78 is 7.87. The topological polar surface area (TPSA) is 69.0 Å². The Labute approximate surface area is 179 Å². The van der Waals surface area contributed by atoms with Crippen molar-refractivity contribution in [2.24, 2.45) is 5.92 Å². The summed E-state index contributed by atoms with van der Waals surface area (Å²) in [5, 5.41) is 8.72. The molecule has 1 N–H and O–H groups in total. The number of para-hydroxylation sites is 1. The smallest absolute Gasteiger partial charge is 0.227 e. The van der Waals surface area contributed by atoms with Crippen LogP contribution in [0.15, 0.2) is 71.0 Å². The Morgan fingerprint density at radius 3 is 2.70 bits per heavy atom. The SMILES string of the molecule is CSc1nc2n(n1)C(c1cccc(Oc3ccccc3)c1)C1=C(CC(C)CC1=O)N2. The third kappa shape index (κ3) is 3.39. The zero-order valence-corrected chi connectivity index (χ0v) is 17.6. The summed E-state index contributed by atoms with van der Waals surface area (Å²) in [4.78, 5) is 17.7. The minimum Gasteiger partial charge on any atom is -0.457 e. The number of hydrogen-bond donors (Lipinski definition) is 1. The highest BCUT2D eigenvalue weighted by atomic mass is 32.2. The molecule has 2 aliphatic rings. The maximum Gasteiger partial charge on any atom is 0.227 e. The second kappa shape index (κ2) is 7.65. The van der Waals surface area contributed by atoms with Crippen molar-refractivity contribution < 1.29 is 9.53 Å². The number of rotatable bonds is 4. The second-order valence-corrected chi connectivity index (χ2v) is 8.48. The molecule has 152 valence electrons. The normalized spacial score (nSPS) is 20.4. The van der Waals surface area contributed by atoms with Crippen LogP contribution < -0.4 is 10.1 Å². The first-order chi connectivity index (χ1) is 14.6. The lowest BCUT2D eigenvalue weighted by atomic mass is 9.81. The molecule has 0 saturated carbocycles. The number of benzene rings is 2. The number of allylic oxidation sites excluding steroid dienone is 2. The molecule has 2 unspecified atom stereocenters. The van der Waals surface area contributed by atoms with Crippen molar-refractivity contribution in [3.05, 3.63) is 71.4 Å². The van der Waals surface area contributed by atoms with Crippen LogP contribution in [0, 0.1) is 5.92 Å². The van der Waals surface area contributed by atoms with E-state index in [0.29, 0.717) is 23.4 Å². The van der Waals surface area contributed by atoms with Gasteiger partial charge in [-0.1, -0.05) is 49.0 Å². The first-order valence-electron chi connectivity index (χ1n) is 9.99. The van der Waals surface area contributed by atoms with Crippen LogP contribution in [-0.2, 0) is 4.79 Å². The minimum atomic E-state index is -0.316. The Hall–Kier alpha value is -3.06. The van der Waals surface area contributed by atoms with Gasteiger partial charge in [-0.05, 0) is 48.4 Å². The number of nitrogens with one attached hydrogen (secondary N) is 1. The number of aromatic nitrogens is 3. The molecule has 0 fully saturated rings. The molecular formula is C23H22N4O2S. The summed E-state index contributed by atoms with van der Waals surface area (Å²) >= 11 is 1.49. The molecule has 0 amide bonds. The van der Waals surface area contributed by atoms with E-state index in [0.717, 1.165) is 34.8 Å². The van der Waals surface area contributed by atoms with Gasteiger partial charge in [0, 0.05) is 17.7 Å². The Kier molecular flexibility index (Phi) is 4.83. The monoisotopic (exact) mass is 418 g/mol. The van der Waals surface area contributed by atoms with Crippen molar-refractivity contribution in [2.75, 3.05) is 11.6 Å². The number of carbonyl (C=O) groups excluding carboxylic acids is 1. The molecule has 2 atom stereocenters. The van der Waals surface area contributed by atoms with E-state index in [-0.39, 0.29) is 11.8 Å². The number of anilines is 1. The lowest BCUT2D eigenvalue weighted by Gasteiger charge is -2.34. The fraction of sp³-hybridized carbons (Fsp3) is 0.261. The molecule has 7 heteroatoms. The molecule has 0 radical (unpaired) electrons. The Morgan fingerprint density at radius 2 is 1.90 bits per heavy atom. The largest absolute Gasteiger partial charge is 0.457 e. The molecular weight excluding hydrogens is 396 g/mol. The summed E-state index contributed by atoms with van der Waals surface area (Å²) in [6.07, 6.45) is 3.33. The van der Waals surface area contributed by atoms with Gasteiger partial charge in [0.1, 0.15) is 17.5 Å². The molecule has 1 aromatic heterocycles. The lowest BCUT2D eigenvalue weighted by molar-refractivity contribution is -0.117. The number of ketones is 1. The third-order valence-electron chi connectivity index (χ3n) is 5.44. The average molecular weight is 419 g/mol. The highest BCUT2D eigenvalue weighted by Crippen LogP contribution is 2.42. The van der Waals surface area contributed by atoms with Crippen LogP contribution in [0.2, 0.25) is 0 Å². The van der Waals surface area contributed by atoms with E-state index in [1.165, 1.54) is 11.8 Å². The van der Waals surface area contributed by atoms with E-state index in [1.54, 1.807) is 0 Å². The fourth-order valence-electron chi connectivity index (χ4n) is 4.15. The van der Waals surface area contributed by atoms with Crippen molar-refractivity contribution in [2.45, 2.75) is 31.0 Å². The Morgan fingerprint density at radius 1 is 1.10 bits per heavy atom. The number of ether oxygens (including phenoxy) is 1. The maximum absolute atomic E-state index is 13.1. The van der Waals surface area contributed by atoms with E-state index in [9.17, 15) is 4.79 Å². The van der Waals surface area contributed by atoms with Gasteiger partial charge in [-0.25, -0.2) is 4.68 Å². The number of fused-ring (bicyclic) bond motifs is 1. The van der Waals surface area contributed by atoms with Gasteiger partial charge in [-0.3, -0.25) is 4.79 Å². The number of Topliss-reactive ketones (excluding diaryl/α,β-unsaturated/α-hetero) is 1.